The lowest BCUT2D eigenvalue weighted by atomic mass is 9.90. The van der Waals surface area contributed by atoms with Crippen LogP contribution in [0.25, 0.3) is 0 Å². The van der Waals surface area contributed by atoms with Crippen molar-refractivity contribution in [2.24, 2.45) is 0 Å². The maximum Gasteiger partial charge on any atom is 0.168 e. The van der Waals surface area contributed by atoms with Crippen LogP contribution < -0.4 is 0 Å². The second-order valence-corrected chi connectivity index (χ2v) is 6.37. The lowest BCUT2D eigenvalue weighted by molar-refractivity contribution is 0.0992. The van der Waals surface area contributed by atoms with E-state index in [4.69, 9.17) is 4.98 Å². The smallest absolute Gasteiger partial charge is 0.168 e. The van der Waals surface area contributed by atoms with Crippen molar-refractivity contribution >= 4 is 17.1 Å². The summed E-state index contributed by atoms with van der Waals surface area (Å²) in [6.07, 6.45) is 6.96. The molecule has 0 amide bonds. The van der Waals surface area contributed by atoms with E-state index in [2.05, 4.69) is 5.38 Å². The van der Waals surface area contributed by atoms with Gasteiger partial charge >= 0.3 is 0 Å². The molecule has 1 aliphatic carbocycles. The Hall–Kier alpha value is -1.48. The predicted molar refractivity (Wildman–Crippen MR) is 82.4 cm³/mol. The van der Waals surface area contributed by atoms with Crippen molar-refractivity contribution in [3.63, 3.8) is 0 Å². The molecule has 1 aromatic carbocycles. The predicted octanol–water partition coefficient (Wildman–Crippen LogP) is 4.62. The minimum Gasteiger partial charge on any atom is -0.294 e. The SMILES string of the molecule is O=C(Cc1csc(C2CCCCC2)n1)c1ccccc1. The zero-order chi connectivity index (χ0) is 13.8. The lowest BCUT2D eigenvalue weighted by Gasteiger charge is -2.18. The molecule has 0 N–H and O–H groups in total. The minimum atomic E-state index is 0.158. The summed E-state index contributed by atoms with van der Waals surface area (Å²) < 4.78 is 0. The van der Waals surface area contributed by atoms with Gasteiger partial charge in [-0.1, -0.05) is 49.6 Å². The molecule has 0 aliphatic heterocycles. The van der Waals surface area contributed by atoms with E-state index in [1.165, 1.54) is 37.1 Å². The first kappa shape index (κ1) is 13.5. The summed E-state index contributed by atoms with van der Waals surface area (Å²) in [6, 6.07) is 9.48. The minimum absolute atomic E-state index is 0.158. The number of Topliss-reactive ketones (excluding diaryl/α,β-unsaturated/α-hetero) is 1. The van der Waals surface area contributed by atoms with Crippen molar-refractivity contribution in [3.8, 4) is 0 Å². The molecule has 0 unspecified atom stereocenters. The molecule has 2 aromatic rings. The normalized spacial score (nSPS) is 16.2. The highest BCUT2D eigenvalue weighted by molar-refractivity contribution is 7.09. The molecule has 104 valence electrons. The summed E-state index contributed by atoms with van der Waals surface area (Å²) in [5, 5.41) is 3.30. The summed E-state index contributed by atoms with van der Waals surface area (Å²) in [5.41, 5.74) is 1.71. The van der Waals surface area contributed by atoms with E-state index in [0.717, 1.165) is 11.3 Å². The number of aromatic nitrogens is 1. The monoisotopic (exact) mass is 285 g/mol. The van der Waals surface area contributed by atoms with Crippen molar-refractivity contribution in [3.05, 3.63) is 52.0 Å². The van der Waals surface area contributed by atoms with Crippen molar-refractivity contribution in [1.82, 2.24) is 4.98 Å². The van der Waals surface area contributed by atoms with Gasteiger partial charge in [0.25, 0.3) is 0 Å². The van der Waals surface area contributed by atoms with Gasteiger partial charge in [-0.2, -0.15) is 0 Å². The second kappa shape index (κ2) is 6.31. The number of carbonyl (C=O) groups excluding carboxylic acids is 1. The van der Waals surface area contributed by atoms with Gasteiger partial charge in [0, 0.05) is 16.9 Å². The van der Waals surface area contributed by atoms with Crippen molar-refractivity contribution < 1.29 is 4.79 Å². The van der Waals surface area contributed by atoms with Crippen LogP contribution in [0.4, 0.5) is 0 Å². The highest BCUT2D eigenvalue weighted by atomic mass is 32.1. The third-order valence-corrected chi connectivity index (χ3v) is 5.02. The molecule has 1 heterocycles. The molecule has 20 heavy (non-hydrogen) atoms. The maximum absolute atomic E-state index is 12.2. The number of thiazole rings is 1. The van der Waals surface area contributed by atoms with Gasteiger partial charge in [0.2, 0.25) is 0 Å². The number of nitrogens with zero attached hydrogens (tertiary/aromatic N) is 1. The molecule has 0 spiro atoms. The molecule has 0 saturated heterocycles. The quantitative estimate of drug-likeness (QED) is 0.767. The van der Waals surface area contributed by atoms with Crippen LogP contribution in [0.15, 0.2) is 35.7 Å². The Labute approximate surface area is 123 Å². The summed E-state index contributed by atoms with van der Waals surface area (Å²) in [5.74, 6) is 0.792. The Morgan fingerprint density at radius 1 is 1.15 bits per heavy atom. The van der Waals surface area contributed by atoms with Gasteiger partial charge in [-0.15, -0.1) is 11.3 Å². The van der Waals surface area contributed by atoms with Gasteiger partial charge in [0.15, 0.2) is 5.78 Å². The average Bonchev–Trinajstić information content (AvgIpc) is 2.97. The maximum atomic E-state index is 12.2. The zero-order valence-corrected chi connectivity index (χ0v) is 12.4. The standard InChI is InChI=1S/C17H19NOS/c19-16(13-7-3-1-4-8-13)11-15-12-20-17(18-15)14-9-5-2-6-10-14/h1,3-4,7-8,12,14H,2,5-6,9-11H2. The van der Waals surface area contributed by atoms with Crippen LogP contribution in [0.2, 0.25) is 0 Å². The lowest BCUT2D eigenvalue weighted by Crippen LogP contribution is -2.06. The molecular weight excluding hydrogens is 266 g/mol. The van der Waals surface area contributed by atoms with Crippen molar-refractivity contribution in [2.45, 2.75) is 44.4 Å². The van der Waals surface area contributed by atoms with Crippen LogP contribution in [-0.4, -0.2) is 10.8 Å². The second-order valence-electron chi connectivity index (χ2n) is 5.48. The summed E-state index contributed by atoms with van der Waals surface area (Å²) >= 11 is 1.73. The summed E-state index contributed by atoms with van der Waals surface area (Å²) in [6.45, 7) is 0. The third kappa shape index (κ3) is 3.15. The molecular formula is C17H19NOS. The van der Waals surface area contributed by atoms with Crippen molar-refractivity contribution in [2.75, 3.05) is 0 Å². The molecule has 0 atom stereocenters. The Bertz CT molecular complexity index is 570. The van der Waals surface area contributed by atoms with E-state index in [0.29, 0.717) is 12.3 Å². The summed E-state index contributed by atoms with van der Waals surface area (Å²) in [7, 11) is 0. The van der Waals surface area contributed by atoms with Crippen LogP contribution in [0.3, 0.4) is 0 Å². The molecule has 2 nitrogen and oxygen atoms in total. The Morgan fingerprint density at radius 2 is 1.90 bits per heavy atom. The van der Waals surface area contributed by atoms with E-state index in [9.17, 15) is 4.79 Å². The summed E-state index contributed by atoms with van der Waals surface area (Å²) in [4.78, 5) is 16.9. The van der Waals surface area contributed by atoms with Gasteiger partial charge in [0.05, 0.1) is 17.1 Å². The van der Waals surface area contributed by atoms with Gasteiger partial charge in [-0.3, -0.25) is 4.79 Å². The van der Waals surface area contributed by atoms with E-state index in [1.807, 2.05) is 30.3 Å². The largest absolute Gasteiger partial charge is 0.294 e. The molecule has 3 heteroatoms. The first-order valence-electron chi connectivity index (χ1n) is 7.35. The van der Waals surface area contributed by atoms with E-state index in [-0.39, 0.29) is 5.78 Å². The van der Waals surface area contributed by atoms with Crippen LogP contribution in [0.5, 0.6) is 0 Å². The fourth-order valence-corrected chi connectivity index (χ4v) is 3.82. The molecule has 1 aliphatic rings. The fourth-order valence-electron chi connectivity index (χ4n) is 2.83. The first-order valence-corrected chi connectivity index (χ1v) is 8.23. The number of carbonyl (C=O) groups is 1. The number of hydrogen-bond donors (Lipinski definition) is 0. The van der Waals surface area contributed by atoms with E-state index >= 15 is 0 Å². The van der Waals surface area contributed by atoms with Crippen LogP contribution in [0, 0.1) is 0 Å². The van der Waals surface area contributed by atoms with Gasteiger partial charge in [-0.05, 0) is 12.8 Å². The Balaban J connectivity index is 1.66. The van der Waals surface area contributed by atoms with Crippen LogP contribution in [-0.2, 0) is 6.42 Å². The first-order chi connectivity index (χ1) is 9.83. The average molecular weight is 285 g/mol. The molecule has 1 fully saturated rings. The van der Waals surface area contributed by atoms with Crippen LogP contribution in [0.1, 0.15) is 59.1 Å². The number of rotatable bonds is 4. The van der Waals surface area contributed by atoms with Crippen LogP contribution >= 0.6 is 11.3 Å². The van der Waals surface area contributed by atoms with Gasteiger partial charge < -0.3 is 0 Å². The molecule has 0 bridgehead atoms. The number of hydrogen-bond acceptors (Lipinski definition) is 3. The highest BCUT2D eigenvalue weighted by Crippen LogP contribution is 2.34. The van der Waals surface area contributed by atoms with E-state index < -0.39 is 0 Å². The molecule has 1 saturated carbocycles. The number of ketones is 1. The fraction of sp³-hybridized carbons (Fsp3) is 0.412. The van der Waals surface area contributed by atoms with Gasteiger partial charge in [0.1, 0.15) is 0 Å². The topological polar surface area (TPSA) is 30.0 Å². The third-order valence-electron chi connectivity index (χ3n) is 3.96. The molecule has 3 rings (SSSR count). The Kier molecular flexibility index (Phi) is 4.26. The van der Waals surface area contributed by atoms with Gasteiger partial charge in [-0.25, -0.2) is 4.98 Å². The van der Waals surface area contributed by atoms with Crippen molar-refractivity contribution in [1.29, 1.82) is 0 Å². The highest BCUT2D eigenvalue weighted by Gasteiger charge is 2.19. The number of benzene rings is 1. The van der Waals surface area contributed by atoms with E-state index in [1.54, 1.807) is 11.3 Å². The molecule has 1 aromatic heterocycles. The zero-order valence-electron chi connectivity index (χ0n) is 11.5. The molecule has 0 radical (unpaired) electrons. The Morgan fingerprint density at radius 3 is 2.65 bits per heavy atom.